The number of carbonyl (C=O) groups is 1. The molecule has 0 N–H and O–H groups in total. The third kappa shape index (κ3) is 13.4. The van der Waals surface area contributed by atoms with Gasteiger partial charge >= 0.3 is 5.97 Å². The van der Waals surface area contributed by atoms with E-state index >= 15 is 0 Å². The Hall–Kier alpha value is -0.570. The van der Waals surface area contributed by atoms with Crippen LogP contribution < -0.4 is 0 Å². The van der Waals surface area contributed by atoms with Crippen LogP contribution in [0, 0.1) is 0 Å². The molecule has 0 saturated carbocycles. The molecule has 3 nitrogen and oxygen atoms in total. The molecule has 0 aliphatic carbocycles. The molecule has 0 aliphatic rings. The molecule has 0 bridgehead atoms. The van der Waals surface area contributed by atoms with Gasteiger partial charge in [0.05, 0.1) is 6.61 Å². The summed E-state index contributed by atoms with van der Waals surface area (Å²) in [5.41, 5.74) is 0. The lowest BCUT2D eigenvalue weighted by Gasteiger charge is -2.03. The highest BCUT2D eigenvalue weighted by Gasteiger charge is 2.03. The maximum Gasteiger partial charge on any atom is 0.342 e. The Bertz CT molecular complexity index is 169. The summed E-state index contributed by atoms with van der Waals surface area (Å²) in [6.07, 6.45) is 10.7. The van der Waals surface area contributed by atoms with Gasteiger partial charge in [0.25, 0.3) is 0 Å². The molecule has 0 atom stereocenters. The van der Waals surface area contributed by atoms with Crippen molar-refractivity contribution in [2.75, 3.05) is 6.61 Å². The van der Waals surface area contributed by atoms with Crippen molar-refractivity contribution in [1.82, 2.24) is 0 Å². The first-order valence-electron chi connectivity index (χ1n) is 7.13. The van der Waals surface area contributed by atoms with Crippen LogP contribution in [0.25, 0.3) is 0 Å². The third-order valence-electron chi connectivity index (χ3n) is 2.72. The first kappa shape index (κ1) is 16.4. The van der Waals surface area contributed by atoms with E-state index < -0.39 is 0 Å². The molecule has 3 heteroatoms. The van der Waals surface area contributed by atoms with Gasteiger partial charge in [0.15, 0.2) is 0 Å². The second kappa shape index (κ2) is 13.5. The Morgan fingerprint density at radius 1 is 0.824 bits per heavy atom. The summed E-state index contributed by atoms with van der Waals surface area (Å²) in [6.45, 7) is 4.88. The Morgan fingerprint density at radius 2 is 1.41 bits per heavy atom. The minimum atomic E-state index is -0.225. The minimum Gasteiger partial charge on any atom is -0.298 e. The van der Waals surface area contributed by atoms with E-state index in [0.29, 0.717) is 13.0 Å². The molecule has 0 aliphatic heterocycles. The first-order valence-corrected chi connectivity index (χ1v) is 7.13. The summed E-state index contributed by atoms with van der Waals surface area (Å²) in [4.78, 5) is 20.8. The summed E-state index contributed by atoms with van der Waals surface area (Å²) < 4.78 is 0. The van der Waals surface area contributed by atoms with Crippen molar-refractivity contribution in [1.29, 1.82) is 0 Å². The predicted molar refractivity (Wildman–Crippen MR) is 69.6 cm³/mol. The Kier molecular flexibility index (Phi) is 13.0. The smallest absolute Gasteiger partial charge is 0.298 e. The predicted octanol–water partition coefficient (Wildman–Crippen LogP) is 4.40. The number of hydrogen-bond donors (Lipinski definition) is 0. The van der Waals surface area contributed by atoms with Crippen LogP contribution in [-0.2, 0) is 14.6 Å². The molecule has 0 saturated heterocycles. The summed E-state index contributed by atoms with van der Waals surface area (Å²) in [5.74, 6) is -0.225. The molecule has 0 spiro atoms. The van der Waals surface area contributed by atoms with Crippen LogP contribution in [0.15, 0.2) is 0 Å². The molecule has 0 heterocycles. The van der Waals surface area contributed by atoms with Gasteiger partial charge < -0.3 is 0 Å². The largest absolute Gasteiger partial charge is 0.342 e. The number of rotatable bonds is 12. The topological polar surface area (TPSA) is 35.5 Å². The van der Waals surface area contributed by atoms with Crippen LogP contribution in [0.4, 0.5) is 0 Å². The van der Waals surface area contributed by atoms with E-state index in [1.807, 2.05) is 0 Å². The zero-order chi connectivity index (χ0) is 12.8. The zero-order valence-electron chi connectivity index (χ0n) is 11.5. The lowest BCUT2D eigenvalue weighted by atomic mass is 10.1. The summed E-state index contributed by atoms with van der Waals surface area (Å²) in [7, 11) is 0. The van der Waals surface area contributed by atoms with Crippen LogP contribution in [0.1, 0.15) is 78.1 Å². The van der Waals surface area contributed by atoms with Crippen molar-refractivity contribution in [2.24, 2.45) is 0 Å². The molecule has 0 radical (unpaired) electrons. The second-order valence-electron chi connectivity index (χ2n) is 4.50. The van der Waals surface area contributed by atoms with Gasteiger partial charge in [-0.2, -0.15) is 4.89 Å². The van der Waals surface area contributed by atoms with Gasteiger partial charge in [-0.15, -0.1) is 0 Å². The molecular weight excluding hydrogens is 216 g/mol. The van der Waals surface area contributed by atoms with Gasteiger partial charge in [-0.3, -0.25) is 4.89 Å². The van der Waals surface area contributed by atoms with E-state index in [2.05, 4.69) is 18.7 Å². The number of hydrogen-bond acceptors (Lipinski definition) is 3. The van der Waals surface area contributed by atoms with Gasteiger partial charge in [0.2, 0.25) is 0 Å². The minimum absolute atomic E-state index is 0.225. The van der Waals surface area contributed by atoms with Gasteiger partial charge in [0, 0.05) is 6.42 Å². The van der Waals surface area contributed by atoms with E-state index in [1.165, 1.54) is 32.1 Å². The summed E-state index contributed by atoms with van der Waals surface area (Å²) in [6, 6.07) is 0. The molecule has 0 aromatic carbocycles. The van der Waals surface area contributed by atoms with Crippen molar-refractivity contribution < 1.29 is 14.6 Å². The molecule has 102 valence electrons. The Balaban J connectivity index is 3.12. The lowest BCUT2D eigenvalue weighted by Crippen LogP contribution is -2.06. The maximum absolute atomic E-state index is 11.2. The SMILES string of the molecule is CCCCCCCC(=O)OOCCCCCC. The third-order valence-corrected chi connectivity index (χ3v) is 2.72. The number of unbranched alkanes of at least 4 members (excludes halogenated alkanes) is 7. The quantitative estimate of drug-likeness (QED) is 0.290. The van der Waals surface area contributed by atoms with Crippen molar-refractivity contribution in [3.8, 4) is 0 Å². The highest BCUT2D eigenvalue weighted by molar-refractivity contribution is 5.68. The normalized spacial score (nSPS) is 10.5. The van der Waals surface area contributed by atoms with Crippen LogP contribution in [-0.4, -0.2) is 12.6 Å². The Morgan fingerprint density at radius 3 is 2.06 bits per heavy atom. The van der Waals surface area contributed by atoms with Crippen molar-refractivity contribution in [2.45, 2.75) is 78.1 Å². The number of carbonyl (C=O) groups excluding carboxylic acids is 1. The van der Waals surface area contributed by atoms with E-state index in [-0.39, 0.29) is 5.97 Å². The average molecular weight is 244 g/mol. The highest BCUT2D eigenvalue weighted by atomic mass is 17.2. The molecule has 0 fully saturated rings. The fourth-order valence-corrected chi connectivity index (χ4v) is 1.61. The molecule has 0 amide bonds. The van der Waals surface area contributed by atoms with E-state index in [0.717, 1.165) is 25.7 Å². The molecular formula is C14H28O3. The second-order valence-corrected chi connectivity index (χ2v) is 4.50. The van der Waals surface area contributed by atoms with Crippen LogP contribution in [0.5, 0.6) is 0 Å². The maximum atomic E-state index is 11.2. The van der Waals surface area contributed by atoms with Gasteiger partial charge in [-0.05, 0) is 12.8 Å². The van der Waals surface area contributed by atoms with Crippen LogP contribution in [0.2, 0.25) is 0 Å². The standard InChI is InChI=1S/C14H28O3/c1-3-5-7-9-10-12-14(15)17-16-13-11-8-6-4-2/h3-13H2,1-2H3. The van der Waals surface area contributed by atoms with E-state index in [9.17, 15) is 4.79 Å². The highest BCUT2D eigenvalue weighted by Crippen LogP contribution is 2.06. The Labute approximate surface area is 106 Å². The van der Waals surface area contributed by atoms with Gasteiger partial charge in [-0.1, -0.05) is 58.8 Å². The van der Waals surface area contributed by atoms with Crippen LogP contribution >= 0.6 is 0 Å². The fourth-order valence-electron chi connectivity index (χ4n) is 1.61. The van der Waals surface area contributed by atoms with Crippen molar-refractivity contribution >= 4 is 5.97 Å². The molecule has 17 heavy (non-hydrogen) atoms. The fraction of sp³-hybridized carbons (Fsp3) is 0.929. The molecule has 0 unspecified atom stereocenters. The first-order chi connectivity index (χ1) is 8.31. The monoisotopic (exact) mass is 244 g/mol. The summed E-state index contributed by atoms with van der Waals surface area (Å²) in [5, 5.41) is 0. The van der Waals surface area contributed by atoms with E-state index in [1.54, 1.807) is 0 Å². The average Bonchev–Trinajstić information content (AvgIpc) is 2.33. The van der Waals surface area contributed by atoms with Crippen molar-refractivity contribution in [3.05, 3.63) is 0 Å². The molecule has 0 aromatic heterocycles. The van der Waals surface area contributed by atoms with Crippen molar-refractivity contribution in [3.63, 3.8) is 0 Å². The van der Waals surface area contributed by atoms with Crippen LogP contribution in [0.3, 0.4) is 0 Å². The summed E-state index contributed by atoms with van der Waals surface area (Å²) >= 11 is 0. The molecule has 0 rings (SSSR count). The van der Waals surface area contributed by atoms with E-state index in [4.69, 9.17) is 4.89 Å². The lowest BCUT2D eigenvalue weighted by molar-refractivity contribution is -0.272. The molecule has 0 aromatic rings. The van der Waals surface area contributed by atoms with Gasteiger partial charge in [-0.25, -0.2) is 4.79 Å². The zero-order valence-corrected chi connectivity index (χ0v) is 11.5. The van der Waals surface area contributed by atoms with Gasteiger partial charge in [0.1, 0.15) is 0 Å².